The van der Waals surface area contributed by atoms with Gasteiger partial charge in [-0.25, -0.2) is 0 Å². The van der Waals surface area contributed by atoms with Crippen LogP contribution in [0.2, 0.25) is 5.02 Å². The molecule has 2 rings (SSSR count). The third kappa shape index (κ3) is 3.97. The lowest BCUT2D eigenvalue weighted by atomic mass is 9.77. The fourth-order valence-corrected chi connectivity index (χ4v) is 3.34. The lowest BCUT2D eigenvalue weighted by Gasteiger charge is -2.34. The minimum absolute atomic E-state index is 0.0565. The Kier molecular flexibility index (Phi) is 5.76. The van der Waals surface area contributed by atoms with Gasteiger partial charge in [0, 0.05) is 5.02 Å². The number of aliphatic hydroxyl groups is 1. The van der Waals surface area contributed by atoms with Gasteiger partial charge >= 0.3 is 11.9 Å². The van der Waals surface area contributed by atoms with Gasteiger partial charge in [-0.1, -0.05) is 29.8 Å². The quantitative estimate of drug-likeness (QED) is 0.792. The van der Waals surface area contributed by atoms with Crippen LogP contribution in [0.15, 0.2) is 24.3 Å². The SMILES string of the molecule is COC(=O)[C@H]1C[C@@](CO)(C(=O)OC(C)(C)C)[C@@H](c2ccccc2Cl)N1. The number of rotatable bonds is 4. The van der Waals surface area contributed by atoms with E-state index in [-0.39, 0.29) is 6.42 Å². The fraction of sp³-hybridized carbons (Fsp3) is 0.556. The van der Waals surface area contributed by atoms with Crippen LogP contribution in [-0.2, 0) is 19.1 Å². The summed E-state index contributed by atoms with van der Waals surface area (Å²) in [6.45, 7) is 4.76. The third-order valence-corrected chi connectivity index (χ3v) is 4.62. The Labute approximate surface area is 152 Å². The lowest BCUT2D eigenvalue weighted by Crippen LogP contribution is -2.44. The Hall–Kier alpha value is -1.63. The van der Waals surface area contributed by atoms with Gasteiger partial charge in [-0.05, 0) is 38.8 Å². The molecule has 0 spiro atoms. The summed E-state index contributed by atoms with van der Waals surface area (Å²) in [7, 11) is 1.28. The van der Waals surface area contributed by atoms with Gasteiger partial charge in [0.1, 0.15) is 17.1 Å². The van der Waals surface area contributed by atoms with E-state index in [1.807, 2.05) is 0 Å². The number of halogens is 1. The Morgan fingerprint density at radius 1 is 1.36 bits per heavy atom. The molecule has 0 amide bonds. The highest BCUT2D eigenvalue weighted by Gasteiger charge is 2.57. The van der Waals surface area contributed by atoms with Crippen LogP contribution in [0.5, 0.6) is 0 Å². The van der Waals surface area contributed by atoms with E-state index in [0.717, 1.165) is 0 Å². The van der Waals surface area contributed by atoms with E-state index >= 15 is 0 Å². The molecule has 25 heavy (non-hydrogen) atoms. The van der Waals surface area contributed by atoms with Crippen LogP contribution < -0.4 is 5.32 Å². The van der Waals surface area contributed by atoms with Gasteiger partial charge in [0.15, 0.2) is 0 Å². The van der Waals surface area contributed by atoms with Gasteiger partial charge in [0.2, 0.25) is 0 Å². The third-order valence-electron chi connectivity index (χ3n) is 4.28. The summed E-state index contributed by atoms with van der Waals surface area (Å²) in [5.74, 6) is -1.08. The maximum Gasteiger partial charge on any atom is 0.322 e. The second-order valence-corrected chi connectivity index (χ2v) is 7.62. The van der Waals surface area contributed by atoms with Crippen LogP contribution in [0.25, 0.3) is 0 Å². The zero-order chi connectivity index (χ0) is 18.8. The molecule has 1 aromatic rings. The summed E-state index contributed by atoms with van der Waals surface area (Å²) in [4.78, 5) is 25.0. The molecule has 6 nitrogen and oxygen atoms in total. The van der Waals surface area contributed by atoms with Crippen molar-refractivity contribution >= 4 is 23.5 Å². The van der Waals surface area contributed by atoms with E-state index in [1.165, 1.54) is 7.11 Å². The number of esters is 2. The predicted octanol–water partition coefficient (Wildman–Crippen LogP) is 2.24. The van der Waals surface area contributed by atoms with Gasteiger partial charge in [0.25, 0.3) is 0 Å². The molecule has 1 aliphatic rings. The molecule has 0 aliphatic carbocycles. The van der Waals surface area contributed by atoms with E-state index in [1.54, 1.807) is 45.0 Å². The van der Waals surface area contributed by atoms with Crippen LogP contribution in [0, 0.1) is 5.41 Å². The highest BCUT2D eigenvalue weighted by molar-refractivity contribution is 6.31. The van der Waals surface area contributed by atoms with Gasteiger partial charge in [-0.2, -0.15) is 0 Å². The molecule has 1 aliphatic heterocycles. The number of benzene rings is 1. The average Bonchev–Trinajstić information content (AvgIpc) is 2.94. The first-order chi connectivity index (χ1) is 11.6. The topological polar surface area (TPSA) is 84.9 Å². The average molecular weight is 370 g/mol. The second-order valence-electron chi connectivity index (χ2n) is 7.22. The van der Waals surface area contributed by atoms with Crippen molar-refractivity contribution in [3.05, 3.63) is 34.9 Å². The normalized spacial score (nSPS) is 26.3. The molecule has 2 N–H and O–H groups in total. The Morgan fingerprint density at radius 2 is 2.00 bits per heavy atom. The van der Waals surface area contributed by atoms with Crippen molar-refractivity contribution in [2.24, 2.45) is 5.41 Å². The second kappa shape index (κ2) is 7.32. The molecular formula is C18H24ClNO5. The number of aliphatic hydroxyl groups excluding tert-OH is 1. The van der Waals surface area contributed by atoms with Crippen molar-refractivity contribution < 1.29 is 24.2 Å². The zero-order valence-corrected chi connectivity index (χ0v) is 15.6. The lowest BCUT2D eigenvalue weighted by molar-refractivity contribution is -0.171. The van der Waals surface area contributed by atoms with Gasteiger partial charge in [0.05, 0.1) is 19.8 Å². The highest BCUT2D eigenvalue weighted by atomic mass is 35.5. The predicted molar refractivity (Wildman–Crippen MR) is 93.1 cm³/mol. The number of ether oxygens (including phenoxy) is 2. The van der Waals surface area contributed by atoms with Gasteiger partial charge in [-0.3, -0.25) is 14.9 Å². The standard InChI is InChI=1S/C18H24ClNO5/c1-17(2,3)25-16(23)18(10-21)9-13(15(22)24-4)20-14(18)11-7-5-6-8-12(11)19/h5-8,13-14,20-21H,9-10H2,1-4H3/t13-,14-,18+/m1/s1. The number of carbonyl (C=O) groups is 2. The summed E-state index contributed by atoms with van der Waals surface area (Å²) in [5.41, 5.74) is -1.44. The number of carbonyl (C=O) groups excluding carboxylic acids is 2. The summed E-state index contributed by atoms with van der Waals surface area (Å²) < 4.78 is 10.3. The molecule has 0 aromatic heterocycles. The molecule has 7 heteroatoms. The van der Waals surface area contributed by atoms with Gasteiger partial charge in [-0.15, -0.1) is 0 Å². The van der Waals surface area contributed by atoms with E-state index in [0.29, 0.717) is 10.6 Å². The van der Waals surface area contributed by atoms with Crippen LogP contribution >= 0.6 is 11.6 Å². The molecule has 0 saturated carbocycles. The van der Waals surface area contributed by atoms with Crippen molar-refractivity contribution in [2.75, 3.05) is 13.7 Å². The van der Waals surface area contributed by atoms with Crippen LogP contribution in [0.3, 0.4) is 0 Å². The van der Waals surface area contributed by atoms with Crippen molar-refractivity contribution in [3.8, 4) is 0 Å². The van der Waals surface area contributed by atoms with E-state index in [4.69, 9.17) is 21.1 Å². The molecule has 1 fully saturated rings. The Morgan fingerprint density at radius 3 is 2.52 bits per heavy atom. The van der Waals surface area contributed by atoms with Crippen molar-refractivity contribution in [3.63, 3.8) is 0 Å². The monoisotopic (exact) mass is 369 g/mol. The first-order valence-electron chi connectivity index (χ1n) is 8.07. The smallest absolute Gasteiger partial charge is 0.322 e. The summed E-state index contributed by atoms with van der Waals surface area (Å²) in [5, 5.41) is 13.7. The summed E-state index contributed by atoms with van der Waals surface area (Å²) in [6, 6.07) is 5.59. The van der Waals surface area contributed by atoms with Crippen LogP contribution in [0.1, 0.15) is 38.8 Å². The van der Waals surface area contributed by atoms with Gasteiger partial charge < -0.3 is 14.6 Å². The van der Waals surface area contributed by atoms with Crippen molar-refractivity contribution in [2.45, 2.75) is 44.9 Å². The van der Waals surface area contributed by atoms with E-state index in [2.05, 4.69) is 5.32 Å². The minimum Gasteiger partial charge on any atom is -0.468 e. The van der Waals surface area contributed by atoms with Crippen molar-refractivity contribution in [1.82, 2.24) is 5.32 Å². The maximum absolute atomic E-state index is 12.9. The molecular weight excluding hydrogens is 346 g/mol. The van der Waals surface area contributed by atoms with E-state index < -0.39 is 41.6 Å². The molecule has 1 heterocycles. The molecule has 0 bridgehead atoms. The largest absolute Gasteiger partial charge is 0.468 e. The zero-order valence-electron chi connectivity index (χ0n) is 14.8. The van der Waals surface area contributed by atoms with Crippen molar-refractivity contribution in [1.29, 1.82) is 0 Å². The Bertz CT molecular complexity index is 657. The maximum atomic E-state index is 12.9. The number of methoxy groups -OCH3 is 1. The van der Waals surface area contributed by atoms with Crippen LogP contribution in [-0.4, -0.2) is 42.4 Å². The molecule has 0 radical (unpaired) electrons. The number of nitrogens with one attached hydrogen (secondary N) is 1. The highest BCUT2D eigenvalue weighted by Crippen LogP contribution is 2.47. The summed E-state index contributed by atoms with van der Waals surface area (Å²) >= 11 is 6.30. The Balaban J connectivity index is 2.49. The molecule has 1 aromatic carbocycles. The fourth-order valence-electron chi connectivity index (χ4n) is 3.09. The number of hydrogen-bond donors (Lipinski definition) is 2. The summed E-state index contributed by atoms with van der Waals surface area (Å²) in [6.07, 6.45) is 0.0565. The molecule has 1 saturated heterocycles. The minimum atomic E-state index is -1.34. The van der Waals surface area contributed by atoms with Crippen LogP contribution in [0.4, 0.5) is 0 Å². The molecule has 3 atom stereocenters. The number of hydrogen-bond acceptors (Lipinski definition) is 6. The first kappa shape index (κ1) is 19.7. The first-order valence-corrected chi connectivity index (χ1v) is 8.45. The molecule has 138 valence electrons. The molecule has 0 unspecified atom stereocenters. The van der Waals surface area contributed by atoms with E-state index in [9.17, 15) is 14.7 Å².